The van der Waals surface area contributed by atoms with E-state index in [0.717, 1.165) is 5.69 Å². The summed E-state index contributed by atoms with van der Waals surface area (Å²) in [6.07, 6.45) is 1.80. The summed E-state index contributed by atoms with van der Waals surface area (Å²) in [6, 6.07) is 6.95. The molecule has 1 saturated heterocycles. The Labute approximate surface area is 142 Å². The number of cyclic esters (lactones) is 1. The van der Waals surface area contributed by atoms with Crippen LogP contribution in [-0.4, -0.2) is 25.2 Å². The van der Waals surface area contributed by atoms with Crippen molar-refractivity contribution >= 4 is 17.7 Å². The lowest BCUT2D eigenvalue weighted by molar-refractivity contribution is -0.136. The SMILES string of the molecule is CC(C)=C[C@@H]1[C@@H](C(=O)Oc2ccc(N3CCOC3=O)cc2)C1(C)C. The van der Waals surface area contributed by atoms with Gasteiger partial charge in [-0.1, -0.05) is 25.5 Å². The molecule has 128 valence electrons. The quantitative estimate of drug-likeness (QED) is 0.479. The van der Waals surface area contributed by atoms with Crippen LogP contribution in [0.2, 0.25) is 0 Å². The average Bonchev–Trinajstić information content (AvgIpc) is 2.82. The number of hydrogen-bond acceptors (Lipinski definition) is 4. The smallest absolute Gasteiger partial charge is 0.414 e. The minimum Gasteiger partial charge on any atom is -0.447 e. The van der Waals surface area contributed by atoms with Gasteiger partial charge >= 0.3 is 12.1 Å². The van der Waals surface area contributed by atoms with Crippen molar-refractivity contribution in [3.05, 3.63) is 35.9 Å². The predicted octanol–water partition coefficient (Wildman–Crippen LogP) is 3.79. The highest BCUT2D eigenvalue weighted by molar-refractivity contribution is 5.89. The molecular weight excluding hydrogens is 306 g/mol. The van der Waals surface area contributed by atoms with Crippen LogP contribution in [0.1, 0.15) is 27.7 Å². The van der Waals surface area contributed by atoms with E-state index in [1.165, 1.54) is 5.57 Å². The van der Waals surface area contributed by atoms with E-state index in [1.54, 1.807) is 29.2 Å². The van der Waals surface area contributed by atoms with Crippen LogP contribution < -0.4 is 9.64 Å². The Hall–Kier alpha value is -2.30. The van der Waals surface area contributed by atoms with Gasteiger partial charge in [-0.05, 0) is 49.4 Å². The van der Waals surface area contributed by atoms with Crippen LogP contribution in [0.25, 0.3) is 0 Å². The van der Waals surface area contributed by atoms with E-state index >= 15 is 0 Å². The van der Waals surface area contributed by atoms with Crippen molar-refractivity contribution in [3.8, 4) is 5.75 Å². The van der Waals surface area contributed by atoms with Crippen molar-refractivity contribution in [1.29, 1.82) is 0 Å². The standard InChI is InChI=1S/C19H23NO4/c1-12(2)11-15-16(19(15,3)4)17(21)24-14-7-5-13(6-8-14)20-9-10-23-18(20)22/h5-8,11,15-16H,9-10H2,1-4H3/t15-,16+/m1/s1. The van der Waals surface area contributed by atoms with Gasteiger partial charge in [0.25, 0.3) is 0 Å². The molecule has 2 fully saturated rings. The van der Waals surface area contributed by atoms with E-state index in [-0.39, 0.29) is 29.3 Å². The molecule has 0 unspecified atom stereocenters. The number of amides is 1. The fourth-order valence-corrected chi connectivity index (χ4v) is 3.30. The van der Waals surface area contributed by atoms with Gasteiger partial charge < -0.3 is 9.47 Å². The van der Waals surface area contributed by atoms with E-state index in [2.05, 4.69) is 19.9 Å². The Morgan fingerprint density at radius 3 is 2.50 bits per heavy atom. The number of ether oxygens (including phenoxy) is 2. The Morgan fingerprint density at radius 1 is 1.29 bits per heavy atom. The van der Waals surface area contributed by atoms with Crippen LogP contribution in [-0.2, 0) is 9.53 Å². The summed E-state index contributed by atoms with van der Waals surface area (Å²) >= 11 is 0. The van der Waals surface area contributed by atoms with Crippen molar-refractivity contribution in [3.63, 3.8) is 0 Å². The summed E-state index contributed by atoms with van der Waals surface area (Å²) in [4.78, 5) is 25.5. The van der Waals surface area contributed by atoms with Crippen LogP contribution in [0.4, 0.5) is 10.5 Å². The fraction of sp³-hybridized carbons (Fsp3) is 0.474. The first-order valence-electron chi connectivity index (χ1n) is 8.22. The molecule has 1 aromatic rings. The molecule has 0 radical (unpaired) electrons. The largest absolute Gasteiger partial charge is 0.447 e. The minimum atomic E-state index is -0.343. The number of esters is 1. The van der Waals surface area contributed by atoms with E-state index in [0.29, 0.717) is 18.9 Å². The molecule has 0 spiro atoms. The van der Waals surface area contributed by atoms with Gasteiger partial charge in [-0.15, -0.1) is 0 Å². The zero-order valence-electron chi connectivity index (χ0n) is 14.5. The van der Waals surface area contributed by atoms with Gasteiger partial charge in [0.1, 0.15) is 12.4 Å². The van der Waals surface area contributed by atoms with Gasteiger partial charge in [-0.25, -0.2) is 4.79 Å². The zero-order chi connectivity index (χ0) is 17.5. The molecule has 1 heterocycles. The van der Waals surface area contributed by atoms with Gasteiger partial charge in [0, 0.05) is 5.69 Å². The molecule has 3 rings (SSSR count). The molecule has 1 aliphatic carbocycles. The van der Waals surface area contributed by atoms with Crippen molar-refractivity contribution in [2.45, 2.75) is 27.7 Å². The maximum atomic E-state index is 12.4. The number of carbonyl (C=O) groups is 2. The molecule has 2 aliphatic rings. The highest BCUT2D eigenvalue weighted by atomic mass is 16.6. The number of benzene rings is 1. The summed E-state index contributed by atoms with van der Waals surface area (Å²) in [5.74, 6) is 0.417. The molecule has 5 nitrogen and oxygen atoms in total. The molecule has 0 N–H and O–H groups in total. The second kappa shape index (κ2) is 5.96. The van der Waals surface area contributed by atoms with E-state index < -0.39 is 0 Å². The van der Waals surface area contributed by atoms with Crippen molar-refractivity contribution in [1.82, 2.24) is 0 Å². The third kappa shape index (κ3) is 3.03. The zero-order valence-corrected chi connectivity index (χ0v) is 14.5. The highest BCUT2D eigenvalue weighted by Crippen LogP contribution is 2.59. The summed E-state index contributed by atoms with van der Waals surface area (Å²) in [5, 5.41) is 0. The Kier molecular flexibility index (Phi) is 4.11. The van der Waals surface area contributed by atoms with Gasteiger partial charge in [0.05, 0.1) is 12.5 Å². The Balaban J connectivity index is 1.65. The Bertz CT molecular complexity index is 686. The summed E-state index contributed by atoms with van der Waals surface area (Å²) in [6.45, 7) is 9.20. The average molecular weight is 329 g/mol. The van der Waals surface area contributed by atoms with Crippen LogP contribution >= 0.6 is 0 Å². The second-order valence-corrected chi connectivity index (χ2v) is 7.25. The molecule has 0 bridgehead atoms. The highest BCUT2D eigenvalue weighted by Gasteiger charge is 2.61. The first-order chi connectivity index (χ1) is 11.3. The molecule has 5 heteroatoms. The normalized spacial score (nSPS) is 24.3. The first kappa shape index (κ1) is 16.6. The predicted molar refractivity (Wildman–Crippen MR) is 91.0 cm³/mol. The number of anilines is 1. The number of rotatable bonds is 4. The topological polar surface area (TPSA) is 55.8 Å². The molecule has 24 heavy (non-hydrogen) atoms. The van der Waals surface area contributed by atoms with Crippen molar-refractivity contribution in [2.75, 3.05) is 18.1 Å². The third-order valence-electron chi connectivity index (χ3n) is 4.81. The fourth-order valence-electron chi connectivity index (χ4n) is 3.30. The lowest BCUT2D eigenvalue weighted by Crippen LogP contribution is -2.23. The van der Waals surface area contributed by atoms with Crippen LogP contribution in [0.3, 0.4) is 0 Å². The molecule has 1 amide bonds. The summed E-state index contributed by atoms with van der Waals surface area (Å²) < 4.78 is 10.4. The number of carbonyl (C=O) groups excluding carboxylic acids is 2. The Morgan fingerprint density at radius 2 is 1.96 bits per heavy atom. The van der Waals surface area contributed by atoms with Gasteiger partial charge in [0.15, 0.2) is 0 Å². The number of hydrogen-bond donors (Lipinski definition) is 0. The summed E-state index contributed by atoms with van der Waals surface area (Å²) in [7, 11) is 0. The lowest BCUT2D eigenvalue weighted by atomic mass is 10.1. The molecular formula is C19H23NO4. The van der Waals surface area contributed by atoms with Gasteiger partial charge in [0.2, 0.25) is 0 Å². The maximum absolute atomic E-state index is 12.4. The van der Waals surface area contributed by atoms with Gasteiger partial charge in [-0.2, -0.15) is 0 Å². The van der Waals surface area contributed by atoms with Gasteiger partial charge in [-0.3, -0.25) is 9.69 Å². The lowest BCUT2D eigenvalue weighted by Gasteiger charge is -2.13. The summed E-state index contributed by atoms with van der Waals surface area (Å²) in [5.41, 5.74) is 1.89. The van der Waals surface area contributed by atoms with E-state index in [9.17, 15) is 9.59 Å². The number of allylic oxidation sites excluding steroid dienone is 2. The van der Waals surface area contributed by atoms with Crippen LogP contribution in [0.5, 0.6) is 5.75 Å². The minimum absolute atomic E-state index is 0.0619. The van der Waals surface area contributed by atoms with E-state index in [4.69, 9.17) is 9.47 Å². The second-order valence-electron chi connectivity index (χ2n) is 7.25. The van der Waals surface area contributed by atoms with Crippen LogP contribution in [0.15, 0.2) is 35.9 Å². The molecule has 1 aliphatic heterocycles. The monoisotopic (exact) mass is 329 g/mol. The molecule has 2 atom stereocenters. The first-order valence-corrected chi connectivity index (χ1v) is 8.22. The molecule has 1 saturated carbocycles. The van der Waals surface area contributed by atoms with Crippen molar-refractivity contribution < 1.29 is 19.1 Å². The third-order valence-corrected chi connectivity index (χ3v) is 4.81. The maximum Gasteiger partial charge on any atom is 0.414 e. The number of nitrogens with zero attached hydrogens (tertiary/aromatic N) is 1. The molecule has 1 aromatic carbocycles. The van der Waals surface area contributed by atoms with E-state index in [1.807, 2.05) is 13.8 Å². The van der Waals surface area contributed by atoms with Crippen molar-refractivity contribution in [2.24, 2.45) is 17.3 Å². The van der Waals surface area contributed by atoms with Crippen LogP contribution in [0, 0.1) is 17.3 Å². The molecule has 0 aromatic heterocycles.